The van der Waals surface area contributed by atoms with Gasteiger partial charge in [0.25, 0.3) is 0 Å². The fraction of sp³-hybridized carbons (Fsp3) is 0.765. The molecule has 1 heterocycles. The molecular weight excluding hydrogens is 234 g/mol. The molecule has 1 rings (SSSR count). The molecular formula is C17H31NO. The third kappa shape index (κ3) is 3.62. The molecule has 1 aliphatic rings. The lowest BCUT2D eigenvalue weighted by Gasteiger charge is -2.49. The van der Waals surface area contributed by atoms with E-state index in [0.29, 0.717) is 12.1 Å². The smallest absolute Gasteiger partial charge is 0.142 e. The van der Waals surface area contributed by atoms with E-state index in [0.717, 1.165) is 11.3 Å². The minimum atomic E-state index is -0.324. The largest absolute Gasteiger partial charge is 0.487 e. The summed E-state index contributed by atoms with van der Waals surface area (Å²) < 4.78 is 6.13. The molecule has 0 spiro atoms. The number of hydrogen-bond donors (Lipinski definition) is 0. The predicted molar refractivity (Wildman–Crippen MR) is 83.2 cm³/mol. The molecule has 0 bridgehead atoms. The van der Waals surface area contributed by atoms with Crippen LogP contribution in [0.3, 0.4) is 0 Å². The van der Waals surface area contributed by atoms with Gasteiger partial charge in [-0.25, -0.2) is 0 Å². The van der Waals surface area contributed by atoms with Gasteiger partial charge in [0.05, 0.1) is 11.8 Å². The van der Waals surface area contributed by atoms with Gasteiger partial charge in [0.2, 0.25) is 0 Å². The van der Waals surface area contributed by atoms with Gasteiger partial charge in [-0.1, -0.05) is 26.5 Å². The zero-order valence-electron chi connectivity index (χ0n) is 13.5. The van der Waals surface area contributed by atoms with Crippen LogP contribution in [0.1, 0.15) is 60.3 Å². The van der Waals surface area contributed by atoms with Crippen molar-refractivity contribution in [2.45, 2.75) is 78.0 Å². The number of hydrogen-bond acceptors (Lipinski definition) is 2. The van der Waals surface area contributed by atoms with Crippen molar-refractivity contribution in [3.8, 4) is 0 Å². The minimum Gasteiger partial charge on any atom is -0.487 e. The maximum absolute atomic E-state index is 6.13. The minimum absolute atomic E-state index is 0.324. The van der Waals surface area contributed by atoms with Crippen LogP contribution in [-0.4, -0.2) is 29.1 Å². The SMILES string of the molecule is C=C(C)OC(C)(C(=C)C)C1CCCCN1C(C)CC. The molecule has 3 atom stereocenters. The Balaban J connectivity index is 3.03. The highest BCUT2D eigenvalue weighted by molar-refractivity contribution is 5.16. The molecule has 0 aromatic carbocycles. The lowest BCUT2D eigenvalue weighted by molar-refractivity contribution is -0.0576. The van der Waals surface area contributed by atoms with Crippen LogP contribution in [0.25, 0.3) is 0 Å². The van der Waals surface area contributed by atoms with Crippen LogP contribution < -0.4 is 0 Å². The molecule has 1 aliphatic heterocycles. The van der Waals surface area contributed by atoms with Crippen molar-refractivity contribution in [2.75, 3.05) is 6.54 Å². The van der Waals surface area contributed by atoms with Gasteiger partial charge < -0.3 is 4.74 Å². The van der Waals surface area contributed by atoms with Crippen LogP contribution in [0, 0.1) is 0 Å². The van der Waals surface area contributed by atoms with E-state index >= 15 is 0 Å². The average Bonchev–Trinajstić information content (AvgIpc) is 2.36. The van der Waals surface area contributed by atoms with Crippen LogP contribution >= 0.6 is 0 Å². The van der Waals surface area contributed by atoms with E-state index in [2.05, 4.69) is 45.8 Å². The lowest BCUT2D eigenvalue weighted by Crippen LogP contribution is -2.57. The Bertz CT molecular complexity index is 336. The van der Waals surface area contributed by atoms with Gasteiger partial charge in [-0.3, -0.25) is 4.90 Å². The van der Waals surface area contributed by atoms with E-state index in [-0.39, 0.29) is 5.60 Å². The molecule has 1 fully saturated rings. The molecule has 1 saturated heterocycles. The van der Waals surface area contributed by atoms with Crippen LogP contribution in [0.15, 0.2) is 24.5 Å². The van der Waals surface area contributed by atoms with E-state index in [9.17, 15) is 0 Å². The lowest BCUT2D eigenvalue weighted by atomic mass is 9.82. The van der Waals surface area contributed by atoms with Gasteiger partial charge in [0.1, 0.15) is 5.60 Å². The quantitative estimate of drug-likeness (QED) is 0.517. The van der Waals surface area contributed by atoms with Gasteiger partial charge in [-0.2, -0.15) is 0 Å². The van der Waals surface area contributed by atoms with E-state index in [1.807, 2.05) is 6.92 Å². The van der Waals surface area contributed by atoms with Gasteiger partial charge in [-0.05, 0) is 59.1 Å². The average molecular weight is 265 g/mol. The van der Waals surface area contributed by atoms with Crippen molar-refractivity contribution in [3.05, 3.63) is 24.5 Å². The third-order valence-corrected chi connectivity index (χ3v) is 4.57. The maximum atomic E-state index is 6.13. The topological polar surface area (TPSA) is 12.5 Å². The molecule has 19 heavy (non-hydrogen) atoms. The fourth-order valence-corrected chi connectivity index (χ4v) is 3.11. The van der Waals surface area contributed by atoms with Crippen molar-refractivity contribution in [1.29, 1.82) is 0 Å². The molecule has 0 amide bonds. The summed E-state index contributed by atoms with van der Waals surface area (Å²) in [6.07, 6.45) is 4.93. The number of rotatable bonds is 6. The van der Waals surface area contributed by atoms with Gasteiger partial charge in [0, 0.05) is 6.04 Å². The molecule has 0 aliphatic carbocycles. The number of likely N-dealkylation sites (tertiary alicyclic amines) is 1. The number of ether oxygens (including phenoxy) is 1. The van der Waals surface area contributed by atoms with E-state index in [1.165, 1.54) is 32.2 Å². The Kier molecular flexibility index (Phi) is 5.66. The predicted octanol–water partition coefficient (Wildman–Crippen LogP) is 4.52. The summed E-state index contributed by atoms with van der Waals surface area (Å²) in [5, 5.41) is 0. The van der Waals surface area contributed by atoms with E-state index in [4.69, 9.17) is 4.74 Å². The summed E-state index contributed by atoms with van der Waals surface area (Å²) in [5.74, 6) is 0.778. The fourth-order valence-electron chi connectivity index (χ4n) is 3.11. The summed E-state index contributed by atoms with van der Waals surface area (Å²) in [4.78, 5) is 2.61. The summed E-state index contributed by atoms with van der Waals surface area (Å²) in [7, 11) is 0. The van der Waals surface area contributed by atoms with Crippen LogP contribution in [-0.2, 0) is 4.74 Å². The van der Waals surface area contributed by atoms with Crippen LogP contribution in [0.4, 0.5) is 0 Å². The van der Waals surface area contributed by atoms with E-state index < -0.39 is 0 Å². The molecule has 110 valence electrons. The standard InChI is InChI=1S/C17H31NO/c1-8-15(6)18-12-10-9-11-16(18)17(7,13(2)3)19-14(4)5/h15-16H,2,4,8-12H2,1,3,5-7H3. The number of allylic oxidation sites excluding steroid dienone is 1. The molecule has 0 aromatic rings. The second-order valence-electron chi connectivity index (χ2n) is 6.20. The molecule has 2 nitrogen and oxygen atoms in total. The van der Waals surface area contributed by atoms with Crippen molar-refractivity contribution >= 4 is 0 Å². The zero-order chi connectivity index (χ0) is 14.6. The molecule has 0 N–H and O–H groups in total. The Labute approximate surface area is 119 Å². The molecule has 0 saturated carbocycles. The second-order valence-corrected chi connectivity index (χ2v) is 6.20. The summed E-state index contributed by atoms with van der Waals surface area (Å²) in [5.41, 5.74) is 0.770. The molecule has 0 aromatic heterocycles. The first-order valence-electron chi connectivity index (χ1n) is 7.59. The van der Waals surface area contributed by atoms with Crippen molar-refractivity contribution in [1.82, 2.24) is 4.90 Å². The third-order valence-electron chi connectivity index (χ3n) is 4.57. The second kappa shape index (κ2) is 6.60. The van der Waals surface area contributed by atoms with Gasteiger partial charge in [-0.15, -0.1) is 0 Å². The Morgan fingerprint density at radius 1 is 1.37 bits per heavy atom. The highest BCUT2D eigenvalue weighted by Crippen LogP contribution is 2.36. The molecule has 2 heteroatoms. The Morgan fingerprint density at radius 2 is 2.00 bits per heavy atom. The highest BCUT2D eigenvalue weighted by Gasteiger charge is 2.43. The highest BCUT2D eigenvalue weighted by atomic mass is 16.5. The maximum Gasteiger partial charge on any atom is 0.142 e. The normalized spacial score (nSPS) is 25.4. The van der Waals surface area contributed by atoms with Crippen molar-refractivity contribution in [3.63, 3.8) is 0 Å². The first kappa shape index (κ1) is 16.3. The van der Waals surface area contributed by atoms with Crippen molar-refractivity contribution in [2.24, 2.45) is 0 Å². The monoisotopic (exact) mass is 265 g/mol. The molecule has 3 unspecified atom stereocenters. The first-order chi connectivity index (χ1) is 8.82. The number of piperidine rings is 1. The zero-order valence-corrected chi connectivity index (χ0v) is 13.5. The van der Waals surface area contributed by atoms with Crippen LogP contribution in [0.2, 0.25) is 0 Å². The van der Waals surface area contributed by atoms with Gasteiger partial charge >= 0.3 is 0 Å². The molecule has 0 radical (unpaired) electrons. The number of nitrogens with zero attached hydrogens (tertiary/aromatic N) is 1. The summed E-state index contributed by atoms with van der Waals surface area (Å²) in [6.45, 7) is 20.0. The summed E-state index contributed by atoms with van der Waals surface area (Å²) in [6, 6.07) is 1.00. The first-order valence-corrected chi connectivity index (χ1v) is 7.59. The van der Waals surface area contributed by atoms with E-state index in [1.54, 1.807) is 0 Å². The Hall–Kier alpha value is -0.760. The summed E-state index contributed by atoms with van der Waals surface area (Å²) >= 11 is 0. The van der Waals surface area contributed by atoms with Crippen LogP contribution in [0.5, 0.6) is 0 Å². The van der Waals surface area contributed by atoms with Crippen molar-refractivity contribution < 1.29 is 4.74 Å². The Morgan fingerprint density at radius 3 is 2.47 bits per heavy atom. The van der Waals surface area contributed by atoms with Gasteiger partial charge in [0.15, 0.2) is 0 Å².